The minimum atomic E-state index is -0.873. The Kier molecular flexibility index (Phi) is 9.18. The molecular formula is C29H39N3O5. The van der Waals surface area contributed by atoms with Gasteiger partial charge in [0.2, 0.25) is 5.91 Å². The fourth-order valence-corrected chi connectivity index (χ4v) is 4.21. The fourth-order valence-electron chi connectivity index (χ4n) is 4.21. The van der Waals surface area contributed by atoms with Crippen LogP contribution in [0.1, 0.15) is 71.0 Å². The zero-order chi connectivity index (χ0) is 27.2. The lowest BCUT2D eigenvalue weighted by Crippen LogP contribution is -2.56. The van der Waals surface area contributed by atoms with Crippen LogP contribution in [0.2, 0.25) is 0 Å². The first kappa shape index (κ1) is 28.0. The normalized spacial score (nSPS) is 15.1. The first-order valence-electron chi connectivity index (χ1n) is 12.9. The number of methoxy groups -OCH3 is 1. The second-order valence-electron chi connectivity index (χ2n) is 10.4. The molecule has 200 valence electrons. The van der Waals surface area contributed by atoms with Crippen molar-refractivity contribution in [2.24, 2.45) is 0 Å². The Morgan fingerprint density at radius 3 is 2.14 bits per heavy atom. The van der Waals surface area contributed by atoms with Gasteiger partial charge >= 0.3 is 6.09 Å². The second kappa shape index (κ2) is 12.1. The number of hydrogen-bond acceptors (Lipinski definition) is 5. The van der Waals surface area contributed by atoms with Crippen molar-refractivity contribution in [1.29, 1.82) is 0 Å². The van der Waals surface area contributed by atoms with E-state index >= 15 is 0 Å². The molecule has 0 aromatic heterocycles. The number of hydrogen-bond donors (Lipinski definition) is 2. The maximum atomic E-state index is 13.8. The van der Waals surface area contributed by atoms with E-state index in [0.717, 1.165) is 31.2 Å². The van der Waals surface area contributed by atoms with Gasteiger partial charge in [0.25, 0.3) is 5.91 Å². The molecular weight excluding hydrogens is 470 g/mol. The van der Waals surface area contributed by atoms with Crippen molar-refractivity contribution in [1.82, 2.24) is 10.2 Å². The number of anilines is 1. The zero-order valence-corrected chi connectivity index (χ0v) is 22.7. The van der Waals surface area contributed by atoms with Crippen LogP contribution in [0.15, 0.2) is 48.5 Å². The molecule has 0 heterocycles. The van der Waals surface area contributed by atoms with Crippen LogP contribution < -0.4 is 15.4 Å². The molecule has 2 aromatic carbocycles. The van der Waals surface area contributed by atoms with Gasteiger partial charge in [-0.05, 0) is 88.8 Å². The lowest BCUT2D eigenvalue weighted by atomic mass is 9.88. The lowest BCUT2D eigenvalue weighted by Gasteiger charge is -2.43. The number of aryl methyl sites for hydroxylation is 1. The van der Waals surface area contributed by atoms with E-state index in [1.165, 1.54) is 0 Å². The maximum Gasteiger partial charge on any atom is 0.408 e. The van der Waals surface area contributed by atoms with Crippen molar-refractivity contribution in [3.63, 3.8) is 0 Å². The smallest absolute Gasteiger partial charge is 0.408 e. The number of benzene rings is 2. The molecule has 0 radical (unpaired) electrons. The van der Waals surface area contributed by atoms with Crippen LogP contribution in [0.4, 0.5) is 10.5 Å². The van der Waals surface area contributed by atoms with Crippen molar-refractivity contribution in [3.05, 3.63) is 59.7 Å². The van der Waals surface area contributed by atoms with E-state index in [1.807, 2.05) is 24.3 Å². The average Bonchev–Trinajstić information content (AvgIpc) is 2.81. The van der Waals surface area contributed by atoms with Gasteiger partial charge < -0.3 is 25.0 Å². The van der Waals surface area contributed by atoms with E-state index in [1.54, 1.807) is 64.0 Å². The largest absolute Gasteiger partial charge is 0.497 e. The molecule has 0 aliphatic heterocycles. The quantitative estimate of drug-likeness (QED) is 0.482. The molecule has 37 heavy (non-hydrogen) atoms. The molecule has 2 N–H and O–H groups in total. The monoisotopic (exact) mass is 509 g/mol. The van der Waals surface area contributed by atoms with Crippen molar-refractivity contribution in [3.8, 4) is 5.75 Å². The number of amides is 3. The van der Waals surface area contributed by atoms with Crippen LogP contribution in [0.5, 0.6) is 5.75 Å². The highest BCUT2D eigenvalue weighted by molar-refractivity contribution is 5.99. The lowest BCUT2D eigenvalue weighted by molar-refractivity contribution is -0.145. The average molecular weight is 510 g/mol. The summed E-state index contributed by atoms with van der Waals surface area (Å²) >= 11 is 0. The van der Waals surface area contributed by atoms with Crippen LogP contribution in [0.3, 0.4) is 0 Å². The van der Waals surface area contributed by atoms with Crippen LogP contribution in [0, 0.1) is 0 Å². The molecule has 1 aliphatic rings. The van der Waals surface area contributed by atoms with Gasteiger partial charge in [-0.2, -0.15) is 0 Å². The summed E-state index contributed by atoms with van der Waals surface area (Å²) < 4.78 is 10.6. The highest BCUT2D eigenvalue weighted by Crippen LogP contribution is 2.34. The number of rotatable bonds is 9. The molecule has 8 nitrogen and oxygen atoms in total. The Hall–Kier alpha value is -3.55. The van der Waals surface area contributed by atoms with Crippen LogP contribution >= 0.6 is 0 Å². The predicted octanol–water partition coefficient (Wildman–Crippen LogP) is 5.23. The summed E-state index contributed by atoms with van der Waals surface area (Å²) in [5.74, 6) is 0.0298. The molecule has 0 saturated heterocycles. The summed E-state index contributed by atoms with van der Waals surface area (Å²) in [6.07, 6.45) is 2.76. The van der Waals surface area contributed by atoms with E-state index in [4.69, 9.17) is 9.47 Å². The van der Waals surface area contributed by atoms with E-state index in [9.17, 15) is 14.4 Å². The molecule has 3 amide bonds. The van der Waals surface area contributed by atoms with Crippen molar-refractivity contribution >= 4 is 23.6 Å². The molecule has 1 fully saturated rings. The van der Waals surface area contributed by atoms with E-state index in [-0.39, 0.29) is 17.9 Å². The highest BCUT2D eigenvalue weighted by atomic mass is 16.6. The zero-order valence-electron chi connectivity index (χ0n) is 22.7. The SMILES string of the molecule is CCc1ccc(C(C(=O)Nc2ccc(OC)cc2)N(C(=O)C(C)NC(=O)OC(C)(C)C)C2CCC2)cc1. The highest BCUT2D eigenvalue weighted by Gasteiger charge is 2.41. The van der Waals surface area contributed by atoms with Crippen molar-refractivity contribution in [2.45, 2.75) is 84.0 Å². The number of carbonyl (C=O) groups excluding carboxylic acids is 3. The van der Waals surface area contributed by atoms with Gasteiger partial charge in [-0.25, -0.2) is 4.79 Å². The van der Waals surface area contributed by atoms with Gasteiger partial charge in [0.1, 0.15) is 23.4 Å². The second-order valence-corrected chi connectivity index (χ2v) is 10.4. The third-order valence-corrected chi connectivity index (χ3v) is 6.41. The molecule has 1 aliphatic carbocycles. The Labute approximate surface area is 219 Å². The van der Waals surface area contributed by atoms with Crippen LogP contribution in [0.25, 0.3) is 0 Å². The molecule has 2 aromatic rings. The number of nitrogens with one attached hydrogen (secondary N) is 2. The molecule has 2 unspecified atom stereocenters. The number of nitrogens with zero attached hydrogens (tertiary/aromatic N) is 1. The maximum absolute atomic E-state index is 13.8. The first-order chi connectivity index (χ1) is 17.5. The van der Waals surface area contributed by atoms with E-state index in [2.05, 4.69) is 17.6 Å². The number of ether oxygens (including phenoxy) is 2. The van der Waals surface area contributed by atoms with Gasteiger partial charge in [-0.15, -0.1) is 0 Å². The van der Waals surface area contributed by atoms with Crippen LogP contribution in [-0.4, -0.2) is 47.6 Å². The van der Waals surface area contributed by atoms with Gasteiger partial charge in [0.15, 0.2) is 0 Å². The summed E-state index contributed by atoms with van der Waals surface area (Å²) in [5, 5.41) is 5.62. The molecule has 2 atom stereocenters. The summed E-state index contributed by atoms with van der Waals surface area (Å²) in [4.78, 5) is 41.7. The van der Waals surface area contributed by atoms with Gasteiger partial charge in [0, 0.05) is 11.7 Å². The third-order valence-electron chi connectivity index (χ3n) is 6.41. The predicted molar refractivity (Wildman–Crippen MR) is 144 cm³/mol. The third kappa shape index (κ3) is 7.47. The van der Waals surface area contributed by atoms with Crippen LogP contribution in [-0.2, 0) is 20.7 Å². The summed E-state index contributed by atoms with van der Waals surface area (Å²) in [5.41, 5.74) is 1.76. The molecule has 0 spiro atoms. The molecule has 0 bridgehead atoms. The first-order valence-corrected chi connectivity index (χ1v) is 12.9. The number of carbonyl (C=O) groups is 3. The Morgan fingerprint density at radius 1 is 1.03 bits per heavy atom. The Morgan fingerprint density at radius 2 is 1.65 bits per heavy atom. The van der Waals surface area contributed by atoms with E-state index in [0.29, 0.717) is 17.0 Å². The van der Waals surface area contributed by atoms with Crippen molar-refractivity contribution in [2.75, 3.05) is 12.4 Å². The molecule has 1 saturated carbocycles. The van der Waals surface area contributed by atoms with Gasteiger partial charge in [-0.3, -0.25) is 9.59 Å². The molecule has 8 heteroatoms. The topological polar surface area (TPSA) is 97.0 Å². The standard InChI is InChI=1S/C29H39N3O5/c1-7-20-11-13-21(14-12-20)25(26(33)31-22-15-17-24(36-6)18-16-22)32(23-9-8-10-23)27(34)19(2)30-28(35)37-29(3,4)5/h11-19,23,25H,7-10H2,1-6H3,(H,30,35)(H,31,33). The minimum absolute atomic E-state index is 0.104. The Bertz CT molecular complexity index is 1070. The summed E-state index contributed by atoms with van der Waals surface area (Å²) in [6, 6.07) is 13.0. The summed E-state index contributed by atoms with van der Waals surface area (Å²) in [6.45, 7) is 8.98. The van der Waals surface area contributed by atoms with Gasteiger partial charge in [0.05, 0.1) is 7.11 Å². The number of alkyl carbamates (subject to hydrolysis) is 1. The van der Waals surface area contributed by atoms with Crippen molar-refractivity contribution < 1.29 is 23.9 Å². The molecule has 3 rings (SSSR count). The fraction of sp³-hybridized carbons (Fsp3) is 0.483. The Balaban J connectivity index is 1.93. The van der Waals surface area contributed by atoms with E-state index < -0.39 is 23.8 Å². The minimum Gasteiger partial charge on any atom is -0.497 e. The van der Waals surface area contributed by atoms with Gasteiger partial charge in [-0.1, -0.05) is 31.2 Å². The summed E-state index contributed by atoms with van der Waals surface area (Å²) in [7, 11) is 1.58.